The number of aromatic nitrogens is 2. The molecule has 28 heavy (non-hydrogen) atoms. The normalized spacial score (nSPS) is 20.8. The molecule has 1 saturated heterocycles. The number of ketones is 1. The first kappa shape index (κ1) is 17.8. The highest BCUT2D eigenvalue weighted by Crippen LogP contribution is 2.36. The Kier molecular flexibility index (Phi) is 4.85. The molecule has 5 heteroatoms. The van der Waals surface area contributed by atoms with Gasteiger partial charge < -0.3 is 4.90 Å². The van der Waals surface area contributed by atoms with Gasteiger partial charge in [0.25, 0.3) is 0 Å². The number of nitrogens with zero attached hydrogens (tertiary/aromatic N) is 4. The van der Waals surface area contributed by atoms with Gasteiger partial charge in [-0.3, -0.25) is 9.69 Å². The summed E-state index contributed by atoms with van der Waals surface area (Å²) >= 11 is 0. The Balaban J connectivity index is 1.29. The first-order valence-corrected chi connectivity index (χ1v) is 10.7. The van der Waals surface area contributed by atoms with E-state index in [1.54, 1.807) is 6.33 Å². The highest BCUT2D eigenvalue weighted by molar-refractivity contribution is 5.85. The van der Waals surface area contributed by atoms with Crippen molar-refractivity contribution in [1.29, 1.82) is 0 Å². The van der Waals surface area contributed by atoms with Crippen LogP contribution in [0.1, 0.15) is 42.5 Å². The number of carbonyl (C=O) groups is 1. The molecule has 5 rings (SSSR count). The standard InChI is InChI=1S/C23H28N4O/c28-22(18-6-7-18)19-8-12-27(13-9-19)23-20-15-26(11-10-21(20)24-16-25-23)14-17-4-2-1-3-5-17/h1-5,16,18-19H,6-15H2. The molecule has 0 unspecified atom stereocenters. The molecule has 1 aromatic carbocycles. The smallest absolute Gasteiger partial charge is 0.139 e. The van der Waals surface area contributed by atoms with Crippen LogP contribution in [-0.4, -0.2) is 40.3 Å². The predicted molar refractivity (Wildman–Crippen MR) is 109 cm³/mol. The van der Waals surface area contributed by atoms with Crippen LogP contribution in [0.25, 0.3) is 0 Å². The molecule has 2 aromatic rings. The Morgan fingerprint density at radius 3 is 2.46 bits per heavy atom. The van der Waals surface area contributed by atoms with Crippen molar-refractivity contribution in [1.82, 2.24) is 14.9 Å². The summed E-state index contributed by atoms with van der Waals surface area (Å²) in [5.74, 6) is 2.28. The topological polar surface area (TPSA) is 49.3 Å². The number of hydrogen-bond acceptors (Lipinski definition) is 5. The number of Topliss-reactive ketones (excluding diaryl/α,β-unsaturated/α-hetero) is 1. The van der Waals surface area contributed by atoms with Crippen molar-refractivity contribution in [3.05, 3.63) is 53.5 Å². The highest BCUT2D eigenvalue weighted by Gasteiger charge is 2.36. The van der Waals surface area contributed by atoms with Gasteiger partial charge in [0.2, 0.25) is 0 Å². The van der Waals surface area contributed by atoms with Crippen LogP contribution in [0.15, 0.2) is 36.7 Å². The molecule has 0 spiro atoms. The monoisotopic (exact) mass is 376 g/mol. The van der Waals surface area contributed by atoms with Crippen LogP contribution in [0.3, 0.4) is 0 Å². The van der Waals surface area contributed by atoms with Crippen LogP contribution in [0, 0.1) is 11.8 Å². The molecule has 5 nitrogen and oxygen atoms in total. The molecule has 3 aliphatic rings. The van der Waals surface area contributed by atoms with Crippen LogP contribution in [0.2, 0.25) is 0 Å². The maximum Gasteiger partial charge on any atom is 0.139 e. The van der Waals surface area contributed by atoms with Crippen molar-refractivity contribution < 1.29 is 4.79 Å². The van der Waals surface area contributed by atoms with Gasteiger partial charge in [0.15, 0.2) is 0 Å². The van der Waals surface area contributed by atoms with Gasteiger partial charge >= 0.3 is 0 Å². The third-order valence-corrected chi connectivity index (χ3v) is 6.48. The fourth-order valence-corrected chi connectivity index (χ4v) is 4.71. The van der Waals surface area contributed by atoms with Gasteiger partial charge in [-0.05, 0) is 31.2 Å². The summed E-state index contributed by atoms with van der Waals surface area (Å²) in [5, 5.41) is 0. The van der Waals surface area contributed by atoms with Gasteiger partial charge in [-0.25, -0.2) is 9.97 Å². The third-order valence-electron chi connectivity index (χ3n) is 6.48. The van der Waals surface area contributed by atoms with Gasteiger partial charge in [0.1, 0.15) is 17.9 Å². The number of benzene rings is 1. The van der Waals surface area contributed by atoms with Crippen LogP contribution < -0.4 is 4.90 Å². The van der Waals surface area contributed by atoms with Crippen molar-refractivity contribution in [3.8, 4) is 0 Å². The van der Waals surface area contributed by atoms with Crippen molar-refractivity contribution in [2.75, 3.05) is 24.5 Å². The van der Waals surface area contributed by atoms with Crippen molar-refractivity contribution in [2.24, 2.45) is 11.8 Å². The molecule has 2 aliphatic heterocycles. The van der Waals surface area contributed by atoms with E-state index in [1.807, 2.05) is 0 Å². The molecule has 0 atom stereocenters. The van der Waals surface area contributed by atoms with E-state index < -0.39 is 0 Å². The van der Waals surface area contributed by atoms with Crippen LogP contribution in [0.4, 0.5) is 5.82 Å². The summed E-state index contributed by atoms with van der Waals surface area (Å²) in [6, 6.07) is 10.7. The average molecular weight is 377 g/mol. The van der Waals surface area contributed by atoms with E-state index >= 15 is 0 Å². The van der Waals surface area contributed by atoms with Crippen LogP contribution >= 0.6 is 0 Å². The molecule has 146 valence electrons. The summed E-state index contributed by atoms with van der Waals surface area (Å²) in [4.78, 5) is 26.5. The van der Waals surface area contributed by atoms with E-state index in [0.29, 0.717) is 11.7 Å². The van der Waals surface area contributed by atoms with E-state index in [2.05, 4.69) is 50.1 Å². The molecule has 0 N–H and O–H groups in total. The summed E-state index contributed by atoms with van der Waals surface area (Å²) in [5.41, 5.74) is 3.84. The summed E-state index contributed by atoms with van der Waals surface area (Å²) in [6.45, 7) is 4.78. The summed E-state index contributed by atoms with van der Waals surface area (Å²) in [7, 11) is 0. The number of hydrogen-bond donors (Lipinski definition) is 0. The minimum Gasteiger partial charge on any atom is -0.356 e. The minimum absolute atomic E-state index is 0.274. The zero-order valence-corrected chi connectivity index (χ0v) is 16.4. The first-order valence-electron chi connectivity index (χ1n) is 10.7. The van der Waals surface area contributed by atoms with Gasteiger partial charge in [-0.15, -0.1) is 0 Å². The largest absolute Gasteiger partial charge is 0.356 e. The van der Waals surface area contributed by atoms with Crippen molar-refractivity contribution in [2.45, 2.75) is 45.2 Å². The van der Waals surface area contributed by atoms with Gasteiger partial charge in [-0.1, -0.05) is 30.3 Å². The van der Waals surface area contributed by atoms with Crippen molar-refractivity contribution in [3.63, 3.8) is 0 Å². The Bertz CT molecular complexity index is 841. The molecule has 3 heterocycles. The maximum absolute atomic E-state index is 12.4. The molecule has 1 aromatic heterocycles. The lowest BCUT2D eigenvalue weighted by atomic mass is 9.90. The molecule has 1 saturated carbocycles. The quantitative estimate of drug-likeness (QED) is 0.802. The first-order chi connectivity index (χ1) is 13.8. The molecule has 0 bridgehead atoms. The molecule has 2 fully saturated rings. The van der Waals surface area contributed by atoms with Gasteiger partial charge in [0.05, 0.1) is 5.69 Å². The average Bonchev–Trinajstić information content (AvgIpc) is 3.59. The maximum atomic E-state index is 12.4. The van der Waals surface area contributed by atoms with E-state index in [-0.39, 0.29) is 5.92 Å². The van der Waals surface area contributed by atoms with E-state index in [4.69, 9.17) is 0 Å². The zero-order chi connectivity index (χ0) is 18.9. The van der Waals surface area contributed by atoms with E-state index in [1.165, 1.54) is 16.8 Å². The number of carbonyl (C=O) groups excluding carboxylic acids is 1. The van der Waals surface area contributed by atoms with E-state index in [9.17, 15) is 4.79 Å². The second kappa shape index (κ2) is 7.63. The molecular weight excluding hydrogens is 348 g/mol. The van der Waals surface area contributed by atoms with Crippen LogP contribution in [-0.2, 0) is 24.3 Å². The second-order valence-electron chi connectivity index (χ2n) is 8.51. The summed E-state index contributed by atoms with van der Waals surface area (Å²) < 4.78 is 0. The fourth-order valence-electron chi connectivity index (χ4n) is 4.71. The Labute approximate surface area is 166 Å². The number of rotatable bonds is 5. The molecule has 1 aliphatic carbocycles. The Hall–Kier alpha value is -2.27. The lowest BCUT2D eigenvalue weighted by Gasteiger charge is -2.36. The molecule has 0 radical (unpaired) electrons. The molecule has 0 amide bonds. The second-order valence-corrected chi connectivity index (χ2v) is 8.51. The van der Waals surface area contributed by atoms with Crippen molar-refractivity contribution >= 4 is 11.6 Å². The fraction of sp³-hybridized carbons (Fsp3) is 0.522. The van der Waals surface area contributed by atoms with Crippen LogP contribution in [0.5, 0.6) is 0 Å². The van der Waals surface area contributed by atoms with Gasteiger partial charge in [-0.2, -0.15) is 0 Å². The van der Waals surface area contributed by atoms with E-state index in [0.717, 1.165) is 70.6 Å². The Morgan fingerprint density at radius 2 is 1.71 bits per heavy atom. The van der Waals surface area contributed by atoms with Gasteiger partial charge in [0, 0.05) is 56.5 Å². The molecular formula is C23H28N4O. The number of piperidine rings is 1. The number of anilines is 1. The predicted octanol–water partition coefficient (Wildman–Crippen LogP) is 3.23. The summed E-state index contributed by atoms with van der Waals surface area (Å²) in [6.07, 6.45) is 6.89. The lowest BCUT2D eigenvalue weighted by Crippen LogP contribution is -2.39. The highest BCUT2D eigenvalue weighted by atomic mass is 16.1. The third kappa shape index (κ3) is 3.68. The zero-order valence-electron chi connectivity index (χ0n) is 16.4. The number of fused-ring (bicyclic) bond motifs is 1. The Morgan fingerprint density at radius 1 is 0.964 bits per heavy atom. The minimum atomic E-state index is 0.274. The SMILES string of the molecule is O=C(C1CC1)C1CCN(c2ncnc3c2CN(Cc2ccccc2)CC3)CC1. The lowest BCUT2D eigenvalue weighted by molar-refractivity contribution is -0.124.